The molecule has 4 rings (SSSR count). The first kappa shape index (κ1) is 19.3. The third kappa shape index (κ3) is 3.43. The van der Waals surface area contributed by atoms with Crippen molar-refractivity contribution >= 4 is 28.9 Å². The summed E-state index contributed by atoms with van der Waals surface area (Å²) in [4.78, 5) is 40.8. The molecule has 2 aromatic rings. The number of aryl methyl sites for hydroxylation is 1. The van der Waals surface area contributed by atoms with E-state index in [4.69, 9.17) is 9.47 Å². The van der Waals surface area contributed by atoms with Crippen molar-refractivity contribution in [3.63, 3.8) is 0 Å². The minimum atomic E-state index is -0.701. The van der Waals surface area contributed by atoms with E-state index in [0.29, 0.717) is 31.5 Å². The van der Waals surface area contributed by atoms with Gasteiger partial charge in [0.25, 0.3) is 5.91 Å². The number of aromatic nitrogens is 1. The van der Waals surface area contributed by atoms with Gasteiger partial charge in [0.05, 0.1) is 12.2 Å². The van der Waals surface area contributed by atoms with E-state index in [1.54, 1.807) is 6.92 Å². The van der Waals surface area contributed by atoms with E-state index >= 15 is 0 Å². The van der Waals surface area contributed by atoms with Gasteiger partial charge < -0.3 is 18.9 Å². The highest BCUT2D eigenvalue weighted by Crippen LogP contribution is 2.27. The molecule has 0 bridgehead atoms. The molecule has 8 nitrogen and oxygen atoms in total. The van der Waals surface area contributed by atoms with Gasteiger partial charge in [-0.25, -0.2) is 9.59 Å². The standard InChI is InChI=1S/C21H25N3O5/c1-3-28-20(26)18-13-29-21(27)24(18)14-8-10-23(11-9-14)19(25)16-12-22(2)17-7-5-4-6-15(16)17/h4-7,12,14,18H,3,8-11,13H2,1-2H3. The molecule has 1 unspecified atom stereocenters. The number of hydrogen-bond donors (Lipinski definition) is 0. The van der Waals surface area contributed by atoms with Crippen molar-refractivity contribution in [3.05, 3.63) is 36.0 Å². The summed E-state index contributed by atoms with van der Waals surface area (Å²) in [6, 6.07) is 6.99. The Morgan fingerprint density at radius 2 is 1.93 bits per heavy atom. The number of piperidine rings is 1. The van der Waals surface area contributed by atoms with Crippen molar-refractivity contribution in [3.8, 4) is 0 Å². The minimum Gasteiger partial charge on any atom is -0.464 e. The monoisotopic (exact) mass is 399 g/mol. The predicted octanol–water partition coefficient (Wildman–Crippen LogP) is 2.17. The number of carbonyl (C=O) groups is 3. The summed E-state index contributed by atoms with van der Waals surface area (Å²) in [5, 5.41) is 0.938. The number of rotatable bonds is 4. The maximum absolute atomic E-state index is 13.1. The van der Waals surface area contributed by atoms with Crippen LogP contribution in [0.5, 0.6) is 0 Å². The number of para-hydroxylation sites is 1. The van der Waals surface area contributed by atoms with Crippen LogP contribution in [-0.2, 0) is 21.3 Å². The molecule has 0 saturated carbocycles. The normalized spacial score (nSPS) is 20.2. The van der Waals surface area contributed by atoms with Gasteiger partial charge in [0.15, 0.2) is 6.04 Å². The number of ether oxygens (including phenoxy) is 2. The Labute approximate surface area is 168 Å². The van der Waals surface area contributed by atoms with Crippen LogP contribution in [0.1, 0.15) is 30.1 Å². The Kier molecular flexibility index (Phi) is 5.17. The van der Waals surface area contributed by atoms with E-state index < -0.39 is 18.1 Å². The highest BCUT2D eigenvalue weighted by atomic mass is 16.6. The first-order chi connectivity index (χ1) is 14.0. The second-order valence-electron chi connectivity index (χ2n) is 7.45. The molecule has 0 aliphatic carbocycles. The molecular weight excluding hydrogens is 374 g/mol. The zero-order valence-electron chi connectivity index (χ0n) is 16.7. The molecule has 0 N–H and O–H groups in total. The molecule has 3 heterocycles. The highest BCUT2D eigenvalue weighted by Gasteiger charge is 2.44. The zero-order chi connectivity index (χ0) is 20.5. The molecular formula is C21H25N3O5. The smallest absolute Gasteiger partial charge is 0.410 e. The van der Waals surface area contributed by atoms with Gasteiger partial charge in [0.1, 0.15) is 6.61 Å². The lowest BCUT2D eigenvalue weighted by molar-refractivity contribution is -0.148. The molecule has 1 atom stereocenters. The molecule has 2 aliphatic rings. The average molecular weight is 399 g/mol. The van der Waals surface area contributed by atoms with Crippen LogP contribution in [0, 0.1) is 0 Å². The van der Waals surface area contributed by atoms with Crippen molar-refractivity contribution in [1.29, 1.82) is 0 Å². The van der Waals surface area contributed by atoms with Crippen molar-refractivity contribution in [2.24, 2.45) is 7.05 Å². The first-order valence-electron chi connectivity index (χ1n) is 9.96. The largest absolute Gasteiger partial charge is 0.464 e. The van der Waals surface area contributed by atoms with Gasteiger partial charge in [-0.15, -0.1) is 0 Å². The highest BCUT2D eigenvalue weighted by molar-refractivity contribution is 6.07. The SMILES string of the molecule is CCOC(=O)C1COC(=O)N1C1CCN(C(=O)c2cn(C)c3ccccc23)CC1. The molecule has 0 radical (unpaired) electrons. The fourth-order valence-corrected chi connectivity index (χ4v) is 4.29. The van der Waals surface area contributed by atoms with Crippen LogP contribution >= 0.6 is 0 Å². The van der Waals surface area contributed by atoms with Crippen LogP contribution in [0.4, 0.5) is 4.79 Å². The first-order valence-corrected chi connectivity index (χ1v) is 9.96. The van der Waals surface area contributed by atoms with E-state index in [0.717, 1.165) is 10.9 Å². The lowest BCUT2D eigenvalue weighted by atomic mass is 10.0. The number of hydrogen-bond acceptors (Lipinski definition) is 5. The Hall–Kier alpha value is -3.03. The third-order valence-corrected chi connectivity index (χ3v) is 5.74. The van der Waals surface area contributed by atoms with Crippen molar-refractivity contribution in [2.45, 2.75) is 31.8 Å². The summed E-state index contributed by atoms with van der Waals surface area (Å²) in [5.74, 6) is -0.446. The predicted molar refractivity (Wildman–Crippen MR) is 105 cm³/mol. The van der Waals surface area contributed by atoms with Gasteiger partial charge in [-0.05, 0) is 25.8 Å². The van der Waals surface area contributed by atoms with Crippen LogP contribution in [0.3, 0.4) is 0 Å². The quantitative estimate of drug-likeness (QED) is 0.736. The van der Waals surface area contributed by atoms with Gasteiger partial charge in [0, 0.05) is 43.3 Å². The molecule has 1 aromatic carbocycles. The number of likely N-dealkylation sites (tertiary alicyclic amines) is 1. The number of benzene rings is 1. The van der Waals surface area contributed by atoms with E-state index in [9.17, 15) is 14.4 Å². The van der Waals surface area contributed by atoms with Gasteiger partial charge in [-0.3, -0.25) is 9.69 Å². The summed E-state index contributed by atoms with van der Waals surface area (Å²) >= 11 is 0. The number of nitrogens with zero attached hydrogens (tertiary/aromatic N) is 3. The topological polar surface area (TPSA) is 81.1 Å². The maximum Gasteiger partial charge on any atom is 0.410 e. The van der Waals surface area contributed by atoms with Crippen LogP contribution in [0.15, 0.2) is 30.5 Å². The summed E-state index contributed by atoms with van der Waals surface area (Å²) < 4.78 is 12.1. The van der Waals surface area contributed by atoms with Crippen LogP contribution < -0.4 is 0 Å². The van der Waals surface area contributed by atoms with E-state index in [1.807, 2.05) is 47.0 Å². The van der Waals surface area contributed by atoms with Gasteiger partial charge in [-0.2, -0.15) is 0 Å². The Balaban J connectivity index is 1.45. The van der Waals surface area contributed by atoms with Crippen molar-refractivity contribution in [1.82, 2.24) is 14.4 Å². The Morgan fingerprint density at radius 1 is 1.21 bits per heavy atom. The van der Waals surface area contributed by atoms with Crippen molar-refractivity contribution in [2.75, 3.05) is 26.3 Å². The number of carbonyl (C=O) groups excluding carboxylic acids is 3. The molecule has 2 saturated heterocycles. The lowest BCUT2D eigenvalue weighted by Gasteiger charge is -2.37. The summed E-state index contributed by atoms with van der Waals surface area (Å²) in [7, 11) is 1.93. The van der Waals surface area contributed by atoms with Crippen LogP contribution in [0.25, 0.3) is 10.9 Å². The molecule has 2 fully saturated rings. The van der Waals surface area contributed by atoms with E-state index in [2.05, 4.69) is 0 Å². The number of fused-ring (bicyclic) bond motifs is 1. The zero-order valence-corrected chi connectivity index (χ0v) is 16.7. The molecule has 8 heteroatoms. The molecule has 29 heavy (non-hydrogen) atoms. The average Bonchev–Trinajstić information content (AvgIpc) is 3.28. The number of esters is 1. The summed E-state index contributed by atoms with van der Waals surface area (Å²) in [5.41, 5.74) is 1.70. The van der Waals surface area contributed by atoms with E-state index in [-0.39, 0.29) is 25.2 Å². The van der Waals surface area contributed by atoms with Crippen LogP contribution in [-0.4, -0.2) is 70.7 Å². The molecule has 154 valence electrons. The summed E-state index contributed by atoms with van der Waals surface area (Å²) in [6.45, 7) is 3.05. The van der Waals surface area contributed by atoms with E-state index in [1.165, 1.54) is 4.90 Å². The summed E-state index contributed by atoms with van der Waals surface area (Å²) in [6.07, 6.45) is 2.58. The molecule has 2 amide bonds. The molecule has 1 aromatic heterocycles. The fourth-order valence-electron chi connectivity index (χ4n) is 4.29. The molecule has 2 aliphatic heterocycles. The Morgan fingerprint density at radius 3 is 2.66 bits per heavy atom. The van der Waals surface area contributed by atoms with Gasteiger partial charge in [0.2, 0.25) is 0 Å². The lowest BCUT2D eigenvalue weighted by Crippen LogP contribution is -2.52. The minimum absolute atomic E-state index is 0.00816. The molecule has 0 spiro atoms. The fraction of sp³-hybridized carbons (Fsp3) is 0.476. The third-order valence-electron chi connectivity index (χ3n) is 5.74. The second kappa shape index (κ2) is 7.77. The maximum atomic E-state index is 13.1. The number of amides is 2. The van der Waals surface area contributed by atoms with Crippen molar-refractivity contribution < 1.29 is 23.9 Å². The Bertz CT molecular complexity index is 945. The van der Waals surface area contributed by atoms with Crippen LogP contribution in [0.2, 0.25) is 0 Å². The van der Waals surface area contributed by atoms with Gasteiger partial charge >= 0.3 is 12.1 Å². The number of cyclic esters (lactones) is 1. The second-order valence-corrected chi connectivity index (χ2v) is 7.45. The van der Waals surface area contributed by atoms with Gasteiger partial charge in [-0.1, -0.05) is 18.2 Å².